The Kier molecular flexibility index (Phi) is 5.84. The molecule has 31 heavy (non-hydrogen) atoms. The summed E-state index contributed by atoms with van der Waals surface area (Å²) in [6.07, 6.45) is 3.12. The van der Waals surface area contributed by atoms with Gasteiger partial charge >= 0.3 is 0 Å². The fourth-order valence-corrected chi connectivity index (χ4v) is 5.82. The number of benzene rings is 1. The number of aryl methyl sites for hydroxylation is 1. The zero-order chi connectivity index (χ0) is 22.2. The predicted octanol–water partition coefficient (Wildman–Crippen LogP) is 6.47. The molecule has 1 aromatic carbocycles. The molecule has 0 amide bonds. The van der Waals surface area contributed by atoms with Crippen molar-refractivity contribution >= 4 is 17.2 Å². The van der Waals surface area contributed by atoms with Gasteiger partial charge in [0.2, 0.25) is 0 Å². The van der Waals surface area contributed by atoms with Crippen molar-refractivity contribution in [3.05, 3.63) is 53.4 Å². The van der Waals surface area contributed by atoms with E-state index in [1.165, 1.54) is 15.3 Å². The lowest BCUT2D eigenvalue weighted by molar-refractivity contribution is 0.170. The molecule has 0 spiro atoms. The minimum absolute atomic E-state index is 0.0700. The Labute approximate surface area is 189 Å². The Hall–Kier alpha value is -2.37. The Morgan fingerprint density at radius 2 is 1.68 bits per heavy atom. The highest BCUT2D eigenvalue weighted by Gasteiger charge is 2.37. The molecule has 0 radical (unpaired) electrons. The van der Waals surface area contributed by atoms with Gasteiger partial charge in [0.15, 0.2) is 0 Å². The van der Waals surface area contributed by atoms with Gasteiger partial charge in [-0.05, 0) is 101 Å². The highest BCUT2D eigenvalue weighted by atomic mass is 32.1. The number of anilines is 1. The molecule has 0 bridgehead atoms. The van der Waals surface area contributed by atoms with Gasteiger partial charge in [-0.2, -0.15) is 0 Å². The van der Waals surface area contributed by atoms with Crippen LogP contribution in [0.2, 0.25) is 0 Å². The number of hydrogen-bond acceptors (Lipinski definition) is 5. The summed E-state index contributed by atoms with van der Waals surface area (Å²) >= 11 is 1.84. The number of nitrogens with zero attached hydrogens (tertiary/aromatic N) is 1. The predicted molar refractivity (Wildman–Crippen MR) is 132 cm³/mol. The zero-order valence-corrected chi connectivity index (χ0v) is 19.9. The van der Waals surface area contributed by atoms with Crippen LogP contribution in [-0.4, -0.2) is 27.2 Å². The maximum atomic E-state index is 9.70. The van der Waals surface area contributed by atoms with E-state index in [4.69, 9.17) is 4.98 Å². The molecule has 1 fully saturated rings. The van der Waals surface area contributed by atoms with Crippen LogP contribution in [0.15, 0.2) is 48.5 Å². The summed E-state index contributed by atoms with van der Waals surface area (Å²) in [7, 11) is 0. The van der Waals surface area contributed by atoms with Crippen molar-refractivity contribution < 1.29 is 5.11 Å². The highest BCUT2D eigenvalue weighted by Crippen LogP contribution is 2.35. The third-order valence-electron chi connectivity index (χ3n) is 5.83. The lowest BCUT2D eigenvalue weighted by atomic mass is 9.79. The molecule has 164 valence electrons. The molecule has 3 heterocycles. The summed E-state index contributed by atoms with van der Waals surface area (Å²) in [5, 5.41) is 17.2. The van der Waals surface area contributed by atoms with Crippen molar-refractivity contribution in [3.8, 4) is 27.4 Å². The van der Waals surface area contributed by atoms with Crippen LogP contribution >= 0.6 is 11.3 Å². The standard InChI is InChI=1S/C26H33N3OS/c1-6-21-11-12-23(31-21)18-13-22(17-7-9-20(30)10-8-17)28-24(14-18)27-19-15-25(2,3)29-26(4,5)16-19/h7-14,19,29-30H,6,15-16H2,1-5H3,(H,27,28). The minimum atomic E-state index is 0.0700. The fourth-order valence-electron chi connectivity index (χ4n) is 4.88. The van der Waals surface area contributed by atoms with Gasteiger partial charge in [0.05, 0.1) is 5.69 Å². The summed E-state index contributed by atoms with van der Waals surface area (Å²) in [6, 6.07) is 16.4. The first kappa shape index (κ1) is 21.8. The summed E-state index contributed by atoms with van der Waals surface area (Å²) in [6.45, 7) is 11.3. The molecule has 3 aromatic rings. The maximum absolute atomic E-state index is 9.70. The molecule has 0 unspecified atom stereocenters. The van der Waals surface area contributed by atoms with E-state index in [2.05, 4.69) is 69.5 Å². The van der Waals surface area contributed by atoms with Gasteiger partial charge < -0.3 is 15.7 Å². The largest absolute Gasteiger partial charge is 0.508 e. The Bertz CT molecular complexity index is 1040. The van der Waals surface area contributed by atoms with Crippen LogP contribution in [-0.2, 0) is 6.42 Å². The number of aromatic nitrogens is 1. The van der Waals surface area contributed by atoms with E-state index >= 15 is 0 Å². The molecular weight excluding hydrogens is 402 g/mol. The molecule has 4 rings (SSSR count). The minimum Gasteiger partial charge on any atom is -0.508 e. The van der Waals surface area contributed by atoms with Gasteiger partial charge in [0.1, 0.15) is 11.6 Å². The number of nitrogens with one attached hydrogen (secondary N) is 2. The number of rotatable bonds is 5. The summed E-state index contributed by atoms with van der Waals surface area (Å²) < 4.78 is 0. The summed E-state index contributed by atoms with van der Waals surface area (Å²) in [5.74, 6) is 1.17. The van der Waals surface area contributed by atoms with Gasteiger partial charge in [-0.15, -0.1) is 11.3 Å². The van der Waals surface area contributed by atoms with Crippen LogP contribution < -0.4 is 10.6 Å². The van der Waals surface area contributed by atoms with Gasteiger partial charge in [0.25, 0.3) is 0 Å². The number of phenols is 1. The van der Waals surface area contributed by atoms with Crippen LogP contribution in [0.1, 0.15) is 52.3 Å². The molecule has 3 N–H and O–H groups in total. The quantitative estimate of drug-likeness (QED) is 0.430. The van der Waals surface area contributed by atoms with E-state index in [0.29, 0.717) is 6.04 Å². The van der Waals surface area contributed by atoms with E-state index in [9.17, 15) is 5.11 Å². The molecule has 0 atom stereocenters. The van der Waals surface area contributed by atoms with E-state index < -0.39 is 0 Å². The molecule has 1 aliphatic rings. The van der Waals surface area contributed by atoms with Crippen LogP contribution in [0.5, 0.6) is 5.75 Å². The molecule has 5 heteroatoms. The fraction of sp³-hybridized carbons (Fsp3) is 0.423. The number of piperidine rings is 1. The first-order valence-electron chi connectivity index (χ1n) is 11.1. The average Bonchev–Trinajstić information content (AvgIpc) is 3.15. The van der Waals surface area contributed by atoms with Gasteiger partial charge in [0, 0.05) is 32.4 Å². The normalized spacial score (nSPS) is 18.1. The Morgan fingerprint density at radius 1 is 1.00 bits per heavy atom. The second-order valence-corrected chi connectivity index (χ2v) is 11.1. The van der Waals surface area contributed by atoms with Crippen LogP contribution in [0.25, 0.3) is 21.7 Å². The number of thiophene rings is 1. The Balaban J connectivity index is 1.71. The number of hydrogen-bond donors (Lipinski definition) is 3. The van der Waals surface area contributed by atoms with Crippen molar-refractivity contribution in [2.24, 2.45) is 0 Å². The Morgan fingerprint density at radius 3 is 2.29 bits per heavy atom. The molecule has 4 nitrogen and oxygen atoms in total. The SMILES string of the molecule is CCc1ccc(-c2cc(NC3CC(C)(C)NC(C)(C)C3)nc(-c3ccc(O)cc3)c2)s1. The highest BCUT2D eigenvalue weighted by molar-refractivity contribution is 7.15. The van der Waals surface area contributed by atoms with Crippen molar-refractivity contribution in [2.45, 2.75) is 71.0 Å². The molecule has 1 aliphatic heterocycles. The number of phenolic OH excluding ortho intramolecular Hbond substituents is 1. The van der Waals surface area contributed by atoms with Crippen LogP contribution in [0, 0.1) is 0 Å². The molecule has 0 saturated carbocycles. The van der Waals surface area contributed by atoms with Gasteiger partial charge in [-0.3, -0.25) is 0 Å². The number of aromatic hydroxyl groups is 1. The molecule has 1 saturated heterocycles. The third-order valence-corrected chi connectivity index (χ3v) is 7.10. The first-order valence-corrected chi connectivity index (χ1v) is 11.9. The van der Waals surface area contributed by atoms with Gasteiger partial charge in [-0.25, -0.2) is 4.98 Å². The summed E-state index contributed by atoms with van der Waals surface area (Å²) in [5.41, 5.74) is 3.24. The third kappa shape index (κ3) is 5.28. The summed E-state index contributed by atoms with van der Waals surface area (Å²) in [4.78, 5) is 7.61. The smallest absolute Gasteiger partial charge is 0.127 e. The maximum Gasteiger partial charge on any atom is 0.127 e. The van der Waals surface area contributed by atoms with Crippen molar-refractivity contribution in [1.82, 2.24) is 10.3 Å². The lowest BCUT2D eigenvalue weighted by Crippen LogP contribution is -2.60. The van der Waals surface area contributed by atoms with Crippen molar-refractivity contribution in [3.63, 3.8) is 0 Å². The van der Waals surface area contributed by atoms with E-state index in [0.717, 1.165) is 36.3 Å². The monoisotopic (exact) mass is 435 g/mol. The second-order valence-electron chi connectivity index (χ2n) is 9.93. The van der Waals surface area contributed by atoms with Crippen molar-refractivity contribution in [2.75, 3.05) is 5.32 Å². The lowest BCUT2D eigenvalue weighted by Gasteiger charge is -2.46. The second kappa shape index (κ2) is 8.29. The van der Waals surface area contributed by atoms with E-state index in [-0.39, 0.29) is 16.8 Å². The van der Waals surface area contributed by atoms with Crippen molar-refractivity contribution in [1.29, 1.82) is 0 Å². The average molecular weight is 436 g/mol. The zero-order valence-electron chi connectivity index (χ0n) is 19.1. The van der Waals surface area contributed by atoms with Crippen LogP contribution in [0.3, 0.4) is 0 Å². The van der Waals surface area contributed by atoms with Crippen LogP contribution in [0.4, 0.5) is 5.82 Å². The molecule has 0 aliphatic carbocycles. The van der Waals surface area contributed by atoms with E-state index in [1.54, 1.807) is 12.1 Å². The molecular formula is C26H33N3OS. The molecule has 2 aromatic heterocycles. The van der Waals surface area contributed by atoms with E-state index in [1.807, 2.05) is 23.5 Å². The van der Waals surface area contributed by atoms with Gasteiger partial charge in [-0.1, -0.05) is 6.92 Å². The first-order chi connectivity index (χ1) is 14.6. The topological polar surface area (TPSA) is 57.2 Å². The number of pyridine rings is 1.